The van der Waals surface area contributed by atoms with Crippen LogP contribution in [-0.4, -0.2) is 35.0 Å². The van der Waals surface area contributed by atoms with E-state index in [4.69, 9.17) is 10.2 Å². The summed E-state index contributed by atoms with van der Waals surface area (Å²) in [5, 5.41) is 3.51. The SMILES string of the molecule is Cc1ccc(CN[C@@H]2CCN(c3nc(C(N)=O)nc(C)c3C)C2)o1. The Balaban J connectivity index is 1.68. The molecule has 2 aromatic heterocycles. The Labute approximate surface area is 141 Å². The lowest BCUT2D eigenvalue weighted by molar-refractivity contribution is 0.0990. The quantitative estimate of drug-likeness (QED) is 0.862. The van der Waals surface area contributed by atoms with E-state index in [0.717, 1.165) is 48.1 Å². The van der Waals surface area contributed by atoms with Gasteiger partial charge >= 0.3 is 0 Å². The standard InChI is InChI=1S/C17H23N5O2/c1-10-4-5-14(24-10)8-19-13-6-7-22(9-13)17-11(2)12(3)20-16(21-17)15(18)23/h4-5,13,19H,6-9H2,1-3H3,(H2,18,23)/t13-/m1/s1. The largest absolute Gasteiger partial charge is 0.465 e. The summed E-state index contributed by atoms with van der Waals surface area (Å²) in [5.41, 5.74) is 7.11. The van der Waals surface area contributed by atoms with Gasteiger partial charge in [0.05, 0.1) is 6.54 Å². The van der Waals surface area contributed by atoms with Crippen LogP contribution in [0.5, 0.6) is 0 Å². The highest BCUT2D eigenvalue weighted by Gasteiger charge is 2.26. The van der Waals surface area contributed by atoms with Crippen molar-refractivity contribution >= 4 is 11.7 Å². The third kappa shape index (κ3) is 3.41. The van der Waals surface area contributed by atoms with Gasteiger partial charge in [-0.25, -0.2) is 9.97 Å². The number of nitrogens with one attached hydrogen (secondary N) is 1. The Hall–Kier alpha value is -2.41. The van der Waals surface area contributed by atoms with Crippen molar-refractivity contribution in [2.75, 3.05) is 18.0 Å². The first-order chi connectivity index (χ1) is 11.4. The van der Waals surface area contributed by atoms with E-state index in [0.29, 0.717) is 12.6 Å². The first kappa shape index (κ1) is 16.4. The maximum atomic E-state index is 11.4. The van der Waals surface area contributed by atoms with Gasteiger partial charge in [-0.15, -0.1) is 0 Å². The molecule has 3 N–H and O–H groups in total. The fourth-order valence-corrected chi connectivity index (χ4v) is 2.98. The van der Waals surface area contributed by atoms with Crippen molar-refractivity contribution in [3.05, 3.63) is 40.7 Å². The number of nitrogens with zero attached hydrogens (tertiary/aromatic N) is 3. The van der Waals surface area contributed by atoms with Crippen molar-refractivity contribution in [2.24, 2.45) is 5.73 Å². The van der Waals surface area contributed by atoms with Gasteiger partial charge in [0.15, 0.2) is 0 Å². The molecule has 0 bridgehead atoms. The van der Waals surface area contributed by atoms with Gasteiger partial charge in [0, 0.05) is 30.4 Å². The first-order valence-electron chi connectivity index (χ1n) is 8.12. The van der Waals surface area contributed by atoms with Crippen LogP contribution in [-0.2, 0) is 6.54 Å². The molecule has 0 aromatic carbocycles. The van der Waals surface area contributed by atoms with Crippen LogP contribution in [0, 0.1) is 20.8 Å². The summed E-state index contributed by atoms with van der Waals surface area (Å²) in [6, 6.07) is 4.31. The van der Waals surface area contributed by atoms with E-state index >= 15 is 0 Å². The summed E-state index contributed by atoms with van der Waals surface area (Å²) < 4.78 is 5.58. The van der Waals surface area contributed by atoms with Crippen LogP contribution < -0.4 is 16.0 Å². The van der Waals surface area contributed by atoms with E-state index in [1.807, 2.05) is 32.9 Å². The molecule has 1 saturated heterocycles. The lowest BCUT2D eigenvalue weighted by Gasteiger charge is -2.21. The summed E-state index contributed by atoms with van der Waals surface area (Å²) in [6.45, 7) is 8.21. The number of primary amides is 1. The van der Waals surface area contributed by atoms with Crippen molar-refractivity contribution in [2.45, 2.75) is 39.8 Å². The number of carbonyl (C=O) groups is 1. The second-order valence-corrected chi connectivity index (χ2v) is 6.27. The van der Waals surface area contributed by atoms with E-state index in [1.54, 1.807) is 0 Å². The van der Waals surface area contributed by atoms with Gasteiger partial charge in [-0.3, -0.25) is 4.79 Å². The molecule has 0 aliphatic carbocycles. The Morgan fingerprint density at radius 3 is 2.83 bits per heavy atom. The van der Waals surface area contributed by atoms with Gasteiger partial charge < -0.3 is 20.4 Å². The van der Waals surface area contributed by atoms with Crippen LogP contribution >= 0.6 is 0 Å². The van der Waals surface area contributed by atoms with E-state index in [9.17, 15) is 4.79 Å². The van der Waals surface area contributed by atoms with Crippen molar-refractivity contribution in [1.82, 2.24) is 15.3 Å². The minimum Gasteiger partial charge on any atom is -0.465 e. The molecule has 1 amide bonds. The normalized spacial score (nSPS) is 17.5. The molecule has 3 heterocycles. The van der Waals surface area contributed by atoms with Crippen LogP contribution in [0.1, 0.15) is 39.8 Å². The molecule has 1 aliphatic heterocycles. The molecule has 24 heavy (non-hydrogen) atoms. The highest BCUT2D eigenvalue weighted by molar-refractivity contribution is 5.89. The topological polar surface area (TPSA) is 97.3 Å². The van der Waals surface area contributed by atoms with E-state index in [2.05, 4.69) is 20.2 Å². The molecule has 128 valence electrons. The fraction of sp³-hybridized carbons (Fsp3) is 0.471. The maximum absolute atomic E-state index is 11.4. The minimum absolute atomic E-state index is 0.0792. The number of hydrogen-bond donors (Lipinski definition) is 2. The number of furan rings is 1. The molecule has 1 aliphatic rings. The smallest absolute Gasteiger partial charge is 0.286 e. The minimum atomic E-state index is -0.596. The summed E-state index contributed by atoms with van der Waals surface area (Å²) in [6.07, 6.45) is 1.01. The average molecular weight is 329 g/mol. The molecule has 1 atom stereocenters. The molecule has 0 saturated carbocycles. The van der Waals surface area contributed by atoms with Crippen LogP contribution in [0.2, 0.25) is 0 Å². The van der Waals surface area contributed by atoms with Crippen LogP contribution in [0.15, 0.2) is 16.5 Å². The molecule has 0 unspecified atom stereocenters. The maximum Gasteiger partial charge on any atom is 0.286 e. The fourth-order valence-electron chi connectivity index (χ4n) is 2.98. The summed E-state index contributed by atoms with van der Waals surface area (Å²) in [7, 11) is 0. The Morgan fingerprint density at radius 1 is 1.38 bits per heavy atom. The van der Waals surface area contributed by atoms with Crippen molar-refractivity contribution < 1.29 is 9.21 Å². The second kappa shape index (κ2) is 6.60. The molecular formula is C17H23N5O2. The van der Waals surface area contributed by atoms with Gasteiger partial charge in [-0.2, -0.15) is 0 Å². The summed E-state index contributed by atoms with van der Waals surface area (Å²) >= 11 is 0. The number of anilines is 1. The Morgan fingerprint density at radius 2 is 2.17 bits per heavy atom. The van der Waals surface area contributed by atoms with Crippen molar-refractivity contribution in [3.8, 4) is 0 Å². The number of aromatic nitrogens is 2. The predicted octanol–water partition coefficient (Wildman–Crippen LogP) is 1.46. The Bertz CT molecular complexity index is 755. The Kier molecular flexibility index (Phi) is 4.53. The van der Waals surface area contributed by atoms with Gasteiger partial charge in [-0.05, 0) is 39.3 Å². The highest BCUT2D eigenvalue weighted by Crippen LogP contribution is 2.24. The summed E-state index contributed by atoms with van der Waals surface area (Å²) in [4.78, 5) is 22.1. The van der Waals surface area contributed by atoms with Crippen LogP contribution in [0.3, 0.4) is 0 Å². The number of aryl methyl sites for hydroxylation is 2. The zero-order valence-electron chi connectivity index (χ0n) is 14.3. The predicted molar refractivity (Wildman–Crippen MR) is 90.9 cm³/mol. The lowest BCUT2D eigenvalue weighted by Crippen LogP contribution is -2.33. The lowest BCUT2D eigenvalue weighted by atomic mass is 10.2. The second-order valence-electron chi connectivity index (χ2n) is 6.27. The first-order valence-corrected chi connectivity index (χ1v) is 8.12. The van der Waals surface area contributed by atoms with Gasteiger partial charge in [0.25, 0.3) is 5.91 Å². The number of amides is 1. The molecule has 1 fully saturated rings. The number of hydrogen-bond acceptors (Lipinski definition) is 6. The third-order valence-electron chi connectivity index (χ3n) is 4.43. The zero-order chi connectivity index (χ0) is 17.3. The van der Waals surface area contributed by atoms with E-state index in [1.165, 1.54) is 0 Å². The van der Waals surface area contributed by atoms with Crippen LogP contribution in [0.4, 0.5) is 5.82 Å². The van der Waals surface area contributed by atoms with Gasteiger partial charge in [-0.1, -0.05) is 0 Å². The molecule has 2 aromatic rings. The van der Waals surface area contributed by atoms with Gasteiger partial charge in [0.2, 0.25) is 5.82 Å². The van der Waals surface area contributed by atoms with Crippen LogP contribution in [0.25, 0.3) is 0 Å². The number of rotatable bonds is 5. The van der Waals surface area contributed by atoms with Crippen molar-refractivity contribution in [3.63, 3.8) is 0 Å². The molecule has 0 spiro atoms. The van der Waals surface area contributed by atoms with E-state index < -0.39 is 5.91 Å². The number of nitrogens with two attached hydrogens (primary N) is 1. The molecular weight excluding hydrogens is 306 g/mol. The van der Waals surface area contributed by atoms with E-state index in [-0.39, 0.29) is 5.82 Å². The average Bonchev–Trinajstić information content (AvgIpc) is 3.16. The number of carbonyl (C=O) groups excluding carboxylic acids is 1. The zero-order valence-corrected chi connectivity index (χ0v) is 14.3. The third-order valence-corrected chi connectivity index (χ3v) is 4.43. The molecule has 3 rings (SSSR count). The molecule has 0 radical (unpaired) electrons. The highest BCUT2D eigenvalue weighted by atomic mass is 16.3. The molecule has 7 nitrogen and oxygen atoms in total. The van der Waals surface area contributed by atoms with Crippen molar-refractivity contribution in [1.29, 1.82) is 0 Å². The van der Waals surface area contributed by atoms with Gasteiger partial charge in [0.1, 0.15) is 17.3 Å². The molecule has 7 heteroatoms. The summed E-state index contributed by atoms with van der Waals surface area (Å²) in [5.74, 6) is 2.15. The monoisotopic (exact) mass is 329 g/mol.